The van der Waals surface area contributed by atoms with E-state index in [1.807, 2.05) is 37.3 Å². The summed E-state index contributed by atoms with van der Waals surface area (Å²) in [6, 6.07) is 20.5. The lowest BCUT2D eigenvalue weighted by Crippen LogP contribution is -2.53. The van der Waals surface area contributed by atoms with Gasteiger partial charge in [-0.25, -0.2) is 8.42 Å². The summed E-state index contributed by atoms with van der Waals surface area (Å²) in [5, 5.41) is 3.45. The van der Waals surface area contributed by atoms with Crippen molar-refractivity contribution in [3.8, 4) is 0 Å². The number of hydrogen-bond donors (Lipinski definition) is 1. The average Bonchev–Trinajstić information content (AvgIpc) is 3.47. The predicted octanol–water partition coefficient (Wildman–Crippen LogP) is 5.67. The maximum absolute atomic E-state index is 14.1. The molecule has 0 aliphatic heterocycles. The SMILES string of the molecule is Cc1ccc(S(=O)(=O)N(CC(=O)N(CCc2ccccc2)[C@@H](C)C(=O)NC2CCCC2)c2cc(Cl)ccc2C)cc1. The molecule has 1 N–H and O–H groups in total. The summed E-state index contributed by atoms with van der Waals surface area (Å²) in [6.45, 7) is 5.14. The van der Waals surface area contributed by atoms with Crippen LogP contribution in [-0.2, 0) is 26.0 Å². The van der Waals surface area contributed by atoms with Gasteiger partial charge in [-0.05, 0) is 75.4 Å². The quantitative estimate of drug-likeness (QED) is 0.309. The summed E-state index contributed by atoms with van der Waals surface area (Å²) >= 11 is 6.30. The fourth-order valence-corrected chi connectivity index (χ4v) is 6.80. The highest BCUT2D eigenvalue weighted by molar-refractivity contribution is 7.92. The van der Waals surface area contributed by atoms with Gasteiger partial charge in [-0.2, -0.15) is 0 Å². The lowest BCUT2D eigenvalue weighted by atomic mass is 10.1. The number of carbonyl (C=O) groups excluding carboxylic acids is 2. The molecule has 218 valence electrons. The Kier molecular flexibility index (Phi) is 10.1. The molecular formula is C32H38ClN3O4S. The first-order valence-electron chi connectivity index (χ1n) is 14.1. The molecule has 1 atom stereocenters. The second-order valence-corrected chi connectivity index (χ2v) is 13.0. The third-order valence-electron chi connectivity index (χ3n) is 7.68. The Labute approximate surface area is 248 Å². The molecule has 0 unspecified atom stereocenters. The molecule has 4 rings (SSSR count). The molecule has 0 aromatic heterocycles. The fourth-order valence-electron chi connectivity index (χ4n) is 5.16. The third-order valence-corrected chi connectivity index (χ3v) is 9.69. The Bertz CT molecular complexity index is 1460. The minimum Gasteiger partial charge on any atom is -0.352 e. The van der Waals surface area contributed by atoms with Crippen LogP contribution in [0.1, 0.15) is 49.3 Å². The van der Waals surface area contributed by atoms with Gasteiger partial charge in [0.05, 0.1) is 10.6 Å². The molecule has 0 bridgehead atoms. The van der Waals surface area contributed by atoms with Crippen molar-refractivity contribution in [3.05, 3.63) is 94.5 Å². The average molecular weight is 596 g/mol. The lowest BCUT2D eigenvalue weighted by molar-refractivity contribution is -0.139. The Morgan fingerprint density at radius 1 is 0.976 bits per heavy atom. The van der Waals surface area contributed by atoms with E-state index in [9.17, 15) is 18.0 Å². The lowest BCUT2D eigenvalue weighted by Gasteiger charge is -2.33. The summed E-state index contributed by atoms with van der Waals surface area (Å²) in [4.78, 5) is 28.9. The van der Waals surface area contributed by atoms with Gasteiger partial charge in [0, 0.05) is 17.6 Å². The number of nitrogens with zero attached hydrogens (tertiary/aromatic N) is 2. The Morgan fingerprint density at radius 3 is 2.29 bits per heavy atom. The van der Waals surface area contributed by atoms with E-state index in [1.54, 1.807) is 44.2 Å². The molecule has 1 aliphatic rings. The monoisotopic (exact) mass is 595 g/mol. The van der Waals surface area contributed by atoms with E-state index < -0.39 is 28.5 Å². The molecule has 1 saturated carbocycles. The number of nitrogens with one attached hydrogen (secondary N) is 1. The molecule has 0 saturated heterocycles. The van der Waals surface area contributed by atoms with Gasteiger partial charge in [0.25, 0.3) is 10.0 Å². The maximum Gasteiger partial charge on any atom is 0.264 e. The first-order valence-corrected chi connectivity index (χ1v) is 15.9. The molecule has 3 aromatic carbocycles. The second-order valence-electron chi connectivity index (χ2n) is 10.7. The summed E-state index contributed by atoms with van der Waals surface area (Å²) in [7, 11) is -4.14. The highest BCUT2D eigenvalue weighted by atomic mass is 35.5. The van der Waals surface area contributed by atoms with E-state index >= 15 is 0 Å². The van der Waals surface area contributed by atoms with Crippen LogP contribution in [-0.4, -0.2) is 50.3 Å². The van der Waals surface area contributed by atoms with Gasteiger partial charge >= 0.3 is 0 Å². The topological polar surface area (TPSA) is 86.8 Å². The molecule has 41 heavy (non-hydrogen) atoms. The molecule has 0 heterocycles. The standard InChI is InChI=1S/C32H38ClN3O4S/c1-23-13-17-29(18-14-23)41(39,40)36(30-21-27(33)16-15-24(30)2)22-31(37)35(20-19-26-9-5-4-6-10-26)25(3)32(38)34-28-11-7-8-12-28/h4-6,9-10,13-18,21,25,28H,7-8,11-12,19-20,22H2,1-3H3,(H,34,38)/t25-/m0/s1. The zero-order valence-corrected chi connectivity index (χ0v) is 25.4. The van der Waals surface area contributed by atoms with Crippen LogP contribution in [0.15, 0.2) is 77.7 Å². The van der Waals surface area contributed by atoms with Crippen LogP contribution >= 0.6 is 11.6 Å². The van der Waals surface area contributed by atoms with E-state index in [0.717, 1.165) is 41.1 Å². The molecule has 7 nitrogen and oxygen atoms in total. The van der Waals surface area contributed by atoms with E-state index in [0.29, 0.717) is 22.7 Å². The van der Waals surface area contributed by atoms with Crippen LogP contribution in [0, 0.1) is 13.8 Å². The molecular weight excluding hydrogens is 558 g/mol. The van der Waals surface area contributed by atoms with E-state index in [4.69, 9.17) is 11.6 Å². The van der Waals surface area contributed by atoms with Crippen LogP contribution in [0.5, 0.6) is 0 Å². The minimum absolute atomic E-state index is 0.0677. The number of carbonyl (C=O) groups is 2. The number of sulfonamides is 1. The normalized spacial score (nSPS) is 14.4. The first kappa shape index (κ1) is 30.6. The van der Waals surface area contributed by atoms with E-state index in [2.05, 4.69) is 5.32 Å². The molecule has 2 amide bonds. The van der Waals surface area contributed by atoms with Gasteiger partial charge in [-0.1, -0.05) is 78.5 Å². The summed E-state index contributed by atoms with van der Waals surface area (Å²) < 4.78 is 29.1. The van der Waals surface area contributed by atoms with Crippen molar-refractivity contribution in [1.82, 2.24) is 10.2 Å². The maximum atomic E-state index is 14.1. The van der Waals surface area contributed by atoms with Crippen LogP contribution in [0.4, 0.5) is 5.69 Å². The van der Waals surface area contributed by atoms with Crippen molar-refractivity contribution in [2.24, 2.45) is 0 Å². The predicted molar refractivity (Wildman–Crippen MR) is 164 cm³/mol. The van der Waals surface area contributed by atoms with Crippen LogP contribution in [0.25, 0.3) is 0 Å². The number of amides is 2. The molecule has 0 radical (unpaired) electrons. The zero-order valence-electron chi connectivity index (χ0n) is 23.8. The smallest absolute Gasteiger partial charge is 0.264 e. The van der Waals surface area contributed by atoms with Crippen molar-refractivity contribution in [1.29, 1.82) is 0 Å². The first-order chi connectivity index (χ1) is 19.6. The fraction of sp³-hybridized carbons (Fsp3) is 0.375. The van der Waals surface area contributed by atoms with Crippen molar-refractivity contribution in [2.75, 3.05) is 17.4 Å². The largest absolute Gasteiger partial charge is 0.352 e. The van der Waals surface area contributed by atoms with Crippen molar-refractivity contribution < 1.29 is 18.0 Å². The van der Waals surface area contributed by atoms with Gasteiger partial charge in [0.15, 0.2) is 0 Å². The number of halogens is 1. The Balaban J connectivity index is 1.67. The minimum atomic E-state index is -4.14. The Hall–Kier alpha value is -3.36. The summed E-state index contributed by atoms with van der Waals surface area (Å²) in [5.41, 5.74) is 2.90. The third kappa shape index (κ3) is 7.68. The highest BCUT2D eigenvalue weighted by Gasteiger charge is 2.33. The summed E-state index contributed by atoms with van der Waals surface area (Å²) in [5.74, 6) is -0.699. The summed E-state index contributed by atoms with van der Waals surface area (Å²) in [6.07, 6.45) is 4.51. The number of rotatable bonds is 11. The molecule has 1 fully saturated rings. The zero-order chi connectivity index (χ0) is 29.6. The van der Waals surface area contributed by atoms with Crippen LogP contribution in [0.3, 0.4) is 0 Å². The Morgan fingerprint density at radius 2 is 1.63 bits per heavy atom. The van der Waals surface area contributed by atoms with Crippen molar-refractivity contribution >= 4 is 39.1 Å². The number of benzene rings is 3. The van der Waals surface area contributed by atoms with E-state index in [-0.39, 0.29) is 23.4 Å². The van der Waals surface area contributed by atoms with Crippen molar-refractivity contribution in [3.63, 3.8) is 0 Å². The van der Waals surface area contributed by atoms with Gasteiger partial charge in [-0.15, -0.1) is 0 Å². The van der Waals surface area contributed by atoms with Crippen LogP contribution < -0.4 is 9.62 Å². The van der Waals surface area contributed by atoms with Crippen LogP contribution in [0.2, 0.25) is 5.02 Å². The van der Waals surface area contributed by atoms with Gasteiger partial charge in [0.2, 0.25) is 11.8 Å². The van der Waals surface area contributed by atoms with Gasteiger partial charge in [0.1, 0.15) is 12.6 Å². The number of aryl methyl sites for hydroxylation is 2. The van der Waals surface area contributed by atoms with E-state index in [1.165, 1.54) is 17.0 Å². The number of anilines is 1. The molecule has 3 aromatic rings. The second kappa shape index (κ2) is 13.5. The molecule has 0 spiro atoms. The van der Waals surface area contributed by atoms with Crippen molar-refractivity contribution in [2.45, 2.75) is 69.9 Å². The van der Waals surface area contributed by atoms with Gasteiger partial charge < -0.3 is 10.2 Å². The highest BCUT2D eigenvalue weighted by Crippen LogP contribution is 2.30. The number of hydrogen-bond acceptors (Lipinski definition) is 4. The van der Waals surface area contributed by atoms with Gasteiger partial charge in [-0.3, -0.25) is 13.9 Å². The molecule has 9 heteroatoms. The molecule has 1 aliphatic carbocycles.